The molecule has 0 unspecified atom stereocenters. The molecule has 2 aromatic carbocycles. The fraction of sp³-hybridized carbons (Fsp3) is 0.143. The average molecular weight is 361 g/mol. The zero-order chi connectivity index (χ0) is 17.9. The molecule has 0 fully saturated rings. The van der Waals surface area contributed by atoms with Gasteiger partial charge in [-0.15, -0.1) is 0 Å². The van der Waals surface area contributed by atoms with Crippen LogP contribution in [0.25, 0.3) is 16.8 Å². The lowest BCUT2D eigenvalue weighted by molar-refractivity contribution is 0.415. The van der Waals surface area contributed by atoms with Crippen LogP contribution in [0.5, 0.6) is 5.75 Å². The van der Waals surface area contributed by atoms with Crippen molar-refractivity contribution in [2.24, 2.45) is 0 Å². The maximum Gasteiger partial charge on any atom is 0.122 e. The molecule has 5 heteroatoms. The van der Waals surface area contributed by atoms with Gasteiger partial charge in [-0.1, -0.05) is 36.0 Å². The minimum Gasteiger partial charge on any atom is -0.497 e. The Labute approximate surface area is 156 Å². The van der Waals surface area contributed by atoms with Gasteiger partial charge in [-0.3, -0.25) is 0 Å². The zero-order valence-electron chi connectivity index (χ0n) is 14.7. The number of hydrogen-bond donors (Lipinski definition) is 0. The Kier molecular flexibility index (Phi) is 4.63. The van der Waals surface area contributed by atoms with E-state index in [1.807, 2.05) is 35.0 Å². The van der Waals surface area contributed by atoms with Crippen LogP contribution in [0.3, 0.4) is 0 Å². The van der Waals surface area contributed by atoms with E-state index < -0.39 is 0 Å². The Hall–Kier alpha value is -2.79. The molecule has 0 aliphatic heterocycles. The van der Waals surface area contributed by atoms with Crippen LogP contribution in [-0.2, 0) is 5.75 Å². The first-order chi connectivity index (χ1) is 12.7. The lowest BCUT2D eigenvalue weighted by atomic mass is 10.1. The molecule has 0 radical (unpaired) electrons. The number of fused-ring (bicyclic) bond motifs is 1. The summed E-state index contributed by atoms with van der Waals surface area (Å²) >= 11 is 1.74. The zero-order valence-corrected chi connectivity index (χ0v) is 15.5. The molecule has 0 atom stereocenters. The van der Waals surface area contributed by atoms with Gasteiger partial charge in [-0.25, -0.2) is 9.50 Å². The van der Waals surface area contributed by atoms with Crippen LogP contribution >= 0.6 is 11.8 Å². The molecule has 4 aromatic rings. The molecule has 4 nitrogen and oxygen atoms in total. The summed E-state index contributed by atoms with van der Waals surface area (Å²) in [4.78, 5) is 4.57. The van der Waals surface area contributed by atoms with Gasteiger partial charge in [0.15, 0.2) is 0 Å². The third kappa shape index (κ3) is 3.30. The average Bonchev–Trinajstić information content (AvgIpc) is 3.12. The topological polar surface area (TPSA) is 39.4 Å². The summed E-state index contributed by atoms with van der Waals surface area (Å²) in [6.07, 6.45) is 3.69. The van der Waals surface area contributed by atoms with Crippen LogP contribution in [0.1, 0.15) is 11.1 Å². The summed E-state index contributed by atoms with van der Waals surface area (Å²) < 4.78 is 7.12. The van der Waals surface area contributed by atoms with E-state index in [2.05, 4.69) is 42.2 Å². The van der Waals surface area contributed by atoms with Gasteiger partial charge in [0.2, 0.25) is 0 Å². The highest BCUT2D eigenvalue weighted by atomic mass is 32.2. The van der Waals surface area contributed by atoms with Crippen LogP contribution in [0.15, 0.2) is 72.0 Å². The fourth-order valence-corrected chi connectivity index (χ4v) is 3.88. The first-order valence-corrected chi connectivity index (χ1v) is 9.39. The Bertz CT molecular complexity index is 1040. The molecular weight excluding hydrogens is 342 g/mol. The summed E-state index contributed by atoms with van der Waals surface area (Å²) in [5.74, 6) is 1.73. The van der Waals surface area contributed by atoms with Crippen LogP contribution in [0, 0.1) is 6.92 Å². The first kappa shape index (κ1) is 16.7. The van der Waals surface area contributed by atoms with Gasteiger partial charge in [0, 0.05) is 23.7 Å². The summed E-state index contributed by atoms with van der Waals surface area (Å²) in [6.45, 7) is 2.14. The van der Waals surface area contributed by atoms with E-state index >= 15 is 0 Å². The number of rotatable bonds is 5. The van der Waals surface area contributed by atoms with Gasteiger partial charge in [0.1, 0.15) is 10.8 Å². The fourth-order valence-electron chi connectivity index (χ4n) is 2.83. The number of nitrogens with zero attached hydrogens (tertiary/aromatic N) is 3. The molecule has 0 aliphatic rings. The van der Waals surface area contributed by atoms with Crippen molar-refractivity contribution in [2.45, 2.75) is 17.7 Å². The number of aromatic nitrogens is 3. The predicted octanol–water partition coefficient (Wildman–Crippen LogP) is 5.01. The van der Waals surface area contributed by atoms with Crippen LogP contribution in [-0.4, -0.2) is 21.7 Å². The number of thioether (sulfide) groups is 1. The maximum atomic E-state index is 5.23. The second-order valence-electron chi connectivity index (χ2n) is 6.04. The van der Waals surface area contributed by atoms with Crippen molar-refractivity contribution >= 4 is 17.3 Å². The van der Waals surface area contributed by atoms with E-state index in [1.165, 1.54) is 11.1 Å². The predicted molar refractivity (Wildman–Crippen MR) is 106 cm³/mol. The summed E-state index contributed by atoms with van der Waals surface area (Å²) in [5.41, 5.74) is 5.65. The molecule has 130 valence electrons. The molecule has 0 saturated heterocycles. The second-order valence-corrected chi connectivity index (χ2v) is 7.00. The molecular formula is C21H19N3OS. The monoisotopic (exact) mass is 361 g/mol. The molecule has 0 aliphatic carbocycles. The van der Waals surface area contributed by atoms with Crippen molar-refractivity contribution < 1.29 is 4.74 Å². The highest BCUT2D eigenvalue weighted by Crippen LogP contribution is 2.29. The lowest BCUT2D eigenvalue weighted by Crippen LogP contribution is -1.92. The molecule has 4 rings (SSSR count). The van der Waals surface area contributed by atoms with Crippen molar-refractivity contribution in [3.63, 3.8) is 0 Å². The smallest absolute Gasteiger partial charge is 0.122 e. The van der Waals surface area contributed by atoms with Gasteiger partial charge in [-0.2, -0.15) is 5.10 Å². The largest absolute Gasteiger partial charge is 0.497 e. The number of methoxy groups -OCH3 is 1. The minimum atomic E-state index is 0.841. The molecule has 0 saturated carbocycles. The summed E-state index contributed by atoms with van der Waals surface area (Å²) in [5, 5.41) is 5.68. The van der Waals surface area contributed by atoms with E-state index in [0.29, 0.717) is 0 Å². The second kappa shape index (κ2) is 7.22. The van der Waals surface area contributed by atoms with Crippen LogP contribution in [0.4, 0.5) is 0 Å². The highest BCUT2D eigenvalue weighted by Gasteiger charge is 2.10. The van der Waals surface area contributed by atoms with Crippen molar-refractivity contribution in [2.75, 3.05) is 7.11 Å². The van der Waals surface area contributed by atoms with Gasteiger partial charge in [0.25, 0.3) is 0 Å². The molecule has 0 N–H and O–H groups in total. The Balaban J connectivity index is 1.64. The number of hydrogen-bond acceptors (Lipinski definition) is 4. The highest BCUT2D eigenvalue weighted by molar-refractivity contribution is 7.98. The van der Waals surface area contributed by atoms with Crippen molar-refractivity contribution in [1.82, 2.24) is 14.6 Å². The Morgan fingerprint density at radius 2 is 1.88 bits per heavy atom. The van der Waals surface area contributed by atoms with Gasteiger partial charge in [-0.05, 0) is 48.4 Å². The van der Waals surface area contributed by atoms with E-state index in [1.54, 1.807) is 25.1 Å². The SMILES string of the molecule is COc1ccc(-c2cc3c(SCc4ccccc4C)nccn3n2)cc1. The van der Waals surface area contributed by atoms with Gasteiger partial charge >= 0.3 is 0 Å². The van der Waals surface area contributed by atoms with Crippen LogP contribution < -0.4 is 4.74 Å². The third-order valence-electron chi connectivity index (χ3n) is 4.37. The molecule has 2 heterocycles. The quantitative estimate of drug-likeness (QED) is 0.469. The number of aryl methyl sites for hydroxylation is 1. The molecule has 0 spiro atoms. The molecule has 0 amide bonds. The Morgan fingerprint density at radius 1 is 1.08 bits per heavy atom. The van der Waals surface area contributed by atoms with E-state index in [0.717, 1.165) is 33.3 Å². The van der Waals surface area contributed by atoms with Crippen molar-refractivity contribution in [1.29, 1.82) is 0 Å². The molecule has 2 aromatic heterocycles. The van der Waals surface area contributed by atoms with E-state index in [-0.39, 0.29) is 0 Å². The van der Waals surface area contributed by atoms with Gasteiger partial charge in [0.05, 0.1) is 18.3 Å². The molecule has 26 heavy (non-hydrogen) atoms. The third-order valence-corrected chi connectivity index (χ3v) is 5.41. The first-order valence-electron chi connectivity index (χ1n) is 8.41. The minimum absolute atomic E-state index is 0.841. The standard InChI is InChI=1S/C21H19N3OS/c1-15-5-3-4-6-17(15)14-26-21-20-13-19(23-24(20)12-11-22-21)16-7-9-18(25-2)10-8-16/h3-13H,14H2,1-2H3. The normalized spacial score (nSPS) is 11.0. The number of ether oxygens (including phenoxy) is 1. The Morgan fingerprint density at radius 3 is 2.65 bits per heavy atom. The summed E-state index contributed by atoms with van der Waals surface area (Å²) in [6, 6.07) is 18.5. The van der Waals surface area contributed by atoms with E-state index in [4.69, 9.17) is 9.84 Å². The summed E-state index contributed by atoms with van der Waals surface area (Å²) in [7, 11) is 1.67. The van der Waals surface area contributed by atoms with Crippen molar-refractivity contribution in [3.05, 3.63) is 78.1 Å². The van der Waals surface area contributed by atoms with Crippen molar-refractivity contribution in [3.8, 4) is 17.0 Å². The lowest BCUT2D eigenvalue weighted by Gasteiger charge is -2.05. The number of benzene rings is 2. The molecule has 0 bridgehead atoms. The maximum absolute atomic E-state index is 5.23. The van der Waals surface area contributed by atoms with E-state index in [9.17, 15) is 0 Å². The van der Waals surface area contributed by atoms with Crippen LogP contribution in [0.2, 0.25) is 0 Å². The van der Waals surface area contributed by atoms with Gasteiger partial charge < -0.3 is 4.74 Å².